The number of hydrogen-bond donors (Lipinski definition) is 2. The number of benzene rings is 1. The van der Waals surface area contributed by atoms with E-state index in [1.165, 1.54) is 12.1 Å². The van der Waals surface area contributed by atoms with Gasteiger partial charge in [0.1, 0.15) is 5.82 Å². The monoisotopic (exact) mass is 304 g/mol. The van der Waals surface area contributed by atoms with Gasteiger partial charge in [-0.3, -0.25) is 4.79 Å². The van der Waals surface area contributed by atoms with E-state index in [9.17, 15) is 9.18 Å². The summed E-state index contributed by atoms with van der Waals surface area (Å²) in [4.78, 5) is 11.0. The van der Waals surface area contributed by atoms with Gasteiger partial charge in [-0.2, -0.15) is 0 Å². The smallest absolute Gasteiger partial charge is 0.225 e. The minimum atomic E-state index is -0.442. The van der Waals surface area contributed by atoms with Gasteiger partial charge in [-0.05, 0) is 30.4 Å². The lowest BCUT2D eigenvalue weighted by Crippen LogP contribution is -2.33. The minimum Gasteiger partial charge on any atom is -0.330 e. The number of carbonyl (C=O) groups excluding carboxylic acids is 1. The summed E-state index contributed by atoms with van der Waals surface area (Å²) in [5.74, 6) is -0.655. The zero-order chi connectivity index (χ0) is 12.1. The van der Waals surface area contributed by atoms with Crippen LogP contribution >= 0.6 is 28.1 Å². The highest BCUT2D eigenvalue weighted by Gasteiger charge is 2.06. The number of carbonyl (C=O) groups is 1. The van der Waals surface area contributed by atoms with E-state index in [0.29, 0.717) is 10.9 Å². The lowest BCUT2D eigenvalue weighted by Gasteiger charge is -2.09. The molecule has 0 atom stereocenters. The van der Waals surface area contributed by atoms with Crippen molar-refractivity contribution >= 4 is 44.9 Å². The number of halogens is 2. The van der Waals surface area contributed by atoms with Crippen LogP contribution in [0.1, 0.15) is 13.3 Å². The molecule has 86 valence electrons. The summed E-state index contributed by atoms with van der Waals surface area (Å²) in [5.41, 5.74) is 0.226. The normalized spacial score (nSPS) is 9.69. The van der Waals surface area contributed by atoms with Gasteiger partial charge < -0.3 is 10.6 Å². The molecule has 3 nitrogen and oxygen atoms in total. The first-order chi connectivity index (χ1) is 7.52. The maximum atomic E-state index is 13.4. The van der Waals surface area contributed by atoms with Crippen LogP contribution in [0.5, 0.6) is 0 Å². The van der Waals surface area contributed by atoms with Crippen LogP contribution in [0, 0.1) is 5.82 Å². The van der Waals surface area contributed by atoms with Crippen LogP contribution in [-0.2, 0) is 4.79 Å². The highest BCUT2D eigenvalue weighted by Crippen LogP contribution is 2.19. The van der Waals surface area contributed by atoms with Crippen LogP contribution in [0.2, 0.25) is 0 Å². The Kier molecular flexibility index (Phi) is 4.82. The minimum absolute atomic E-state index is 0.0908. The van der Waals surface area contributed by atoms with Crippen LogP contribution in [0.3, 0.4) is 0 Å². The number of thiocarbonyl (C=S) groups is 1. The van der Waals surface area contributed by atoms with Gasteiger partial charge >= 0.3 is 0 Å². The first-order valence-corrected chi connectivity index (χ1v) is 5.79. The average Bonchev–Trinajstić information content (AvgIpc) is 2.22. The van der Waals surface area contributed by atoms with Crippen molar-refractivity contribution in [3.05, 3.63) is 28.5 Å². The maximum Gasteiger partial charge on any atom is 0.225 e. The molecule has 0 radical (unpaired) electrons. The molecule has 0 aromatic heterocycles. The van der Waals surface area contributed by atoms with Crippen molar-refractivity contribution in [2.45, 2.75) is 13.3 Å². The van der Waals surface area contributed by atoms with E-state index in [1.54, 1.807) is 13.0 Å². The summed E-state index contributed by atoms with van der Waals surface area (Å²) >= 11 is 7.99. The van der Waals surface area contributed by atoms with Gasteiger partial charge in [0.05, 0.1) is 5.69 Å². The van der Waals surface area contributed by atoms with Crippen molar-refractivity contribution in [3.8, 4) is 0 Å². The lowest BCUT2D eigenvalue weighted by atomic mass is 10.3. The molecule has 0 heterocycles. The van der Waals surface area contributed by atoms with Gasteiger partial charge in [-0.15, -0.1) is 0 Å². The van der Waals surface area contributed by atoms with Gasteiger partial charge in [0.2, 0.25) is 5.91 Å². The van der Waals surface area contributed by atoms with Gasteiger partial charge in [0.15, 0.2) is 5.11 Å². The summed E-state index contributed by atoms with van der Waals surface area (Å²) in [6.45, 7) is 1.71. The number of anilines is 1. The van der Waals surface area contributed by atoms with E-state index in [-0.39, 0.29) is 16.7 Å². The Labute approximate surface area is 107 Å². The third-order valence-corrected chi connectivity index (χ3v) is 2.45. The molecule has 0 aliphatic rings. The van der Waals surface area contributed by atoms with Gasteiger partial charge in [-0.1, -0.05) is 22.9 Å². The number of hydrogen-bond acceptors (Lipinski definition) is 2. The molecule has 0 saturated heterocycles. The van der Waals surface area contributed by atoms with Gasteiger partial charge in [0, 0.05) is 10.9 Å². The zero-order valence-corrected chi connectivity index (χ0v) is 10.9. The standard InChI is InChI=1S/C10H10BrFN2OS/c1-2-9(15)14-10(16)13-8-4-3-6(11)5-7(8)12/h3-5H,2H2,1H3,(H2,13,14,15,16). The summed E-state index contributed by atoms with van der Waals surface area (Å²) in [7, 11) is 0. The van der Waals surface area contributed by atoms with E-state index in [4.69, 9.17) is 12.2 Å². The molecule has 6 heteroatoms. The van der Waals surface area contributed by atoms with Crippen molar-refractivity contribution in [2.75, 3.05) is 5.32 Å². The fourth-order valence-electron chi connectivity index (χ4n) is 0.959. The Bertz CT molecular complexity index is 425. The topological polar surface area (TPSA) is 41.1 Å². The Hall–Kier alpha value is -1.01. The molecule has 0 unspecified atom stereocenters. The third-order valence-electron chi connectivity index (χ3n) is 1.75. The summed E-state index contributed by atoms with van der Waals surface area (Å²) in [6.07, 6.45) is 0.324. The first kappa shape index (κ1) is 13.1. The van der Waals surface area contributed by atoms with Crippen LogP contribution in [0.15, 0.2) is 22.7 Å². The lowest BCUT2D eigenvalue weighted by molar-refractivity contribution is -0.119. The predicted octanol–water partition coefficient (Wildman–Crippen LogP) is 2.81. The largest absolute Gasteiger partial charge is 0.330 e. The summed E-state index contributed by atoms with van der Waals surface area (Å²) in [5, 5.41) is 5.12. The van der Waals surface area contributed by atoms with E-state index >= 15 is 0 Å². The number of nitrogens with one attached hydrogen (secondary N) is 2. The maximum absolute atomic E-state index is 13.4. The second-order valence-corrected chi connectivity index (χ2v) is 4.30. The fraction of sp³-hybridized carbons (Fsp3) is 0.200. The highest BCUT2D eigenvalue weighted by atomic mass is 79.9. The Morgan fingerprint density at radius 3 is 2.81 bits per heavy atom. The summed E-state index contributed by atoms with van der Waals surface area (Å²) < 4.78 is 14.0. The first-order valence-electron chi connectivity index (χ1n) is 4.58. The SMILES string of the molecule is CCC(=O)NC(=S)Nc1ccc(Br)cc1F. The van der Waals surface area contributed by atoms with Crippen LogP contribution < -0.4 is 10.6 Å². The quantitative estimate of drug-likeness (QED) is 0.826. The van der Waals surface area contributed by atoms with Crippen molar-refractivity contribution in [2.24, 2.45) is 0 Å². The predicted molar refractivity (Wildman–Crippen MR) is 68.8 cm³/mol. The molecule has 16 heavy (non-hydrogen) atoms. The highest BCUT2D eigenvalue weighted by molar-refractivity contribution is 9.10. The number of rotatable bonds is 2. The molecule has 2 N–H and O–H groups in total. The second-order valence-electron chi connectivity index (χ2n) is 2.98. The molecule has 0 aliphatic carbocycles. The summed E-state index contributed by atoms with van der Waals surface area (Å²) in [6, 6.07) is 4.52. The van der Waals surface area contributed by atoms with Crippen molar-refractivity contribution in [1.29, 1.82) is 0 Å². The van der Waals surface area contributed by atoms with Gasteiger partial charge in [0.25, 0.3) is 0 Å². The Balaban J connectivity index is 2.66. The molecule has 0 saturated carbocycles. The number of amides is 1. The van der Waals surface area contributed by atoms with Crippen LogP contribution in [0.4, 0.5) is 10.1 Å². The molecule has 0 bridgehead atoms. The third kappa shape index (κ3) is 3.86. The molecule has 1 amide bonds. The Morgan fingerprint density at radius 1 is 1.56 bits per heavy atom. The van der Waals surface area contributed by atoms with E-state index < -0.39 is 5.82 Å². The molecule has 1 aromatic carbocycles. The van der Waals surface area contributed by atoms with Crippen LogP contribution in [-0.4, -0.2) is 11.0 Å². The molecule has 0 spiro atoms. The molecular weight excluding hydrogens is 295 g/mol. The molecule has 0 fully saturated rings. The van der Waals surface area contributed by atoms with Gasteiger partial charge in [-0.25, -0.2) is 4.39 Å². The van der Waals surface area contributed by atoms with Crippen molar-refractivity contribution in [3.63, 3.8) is 0 Å². The van der Waals surface area contributed by atoms with Crippen LogP contribution in [0.25, 0.3) is 0 Å². The second kappa shape index (κ2) is 5.91. The average molecular weight is 305 g/mol. The molecule has 1 rings (SSSR count). The molecular formula is C10H10BrFN2OS. The van der Waals surface area contributed by atoms with Crippen molar-refractivity contribution in [1.82, 2.24) is 5.32 Å². The molecule has 0 aliphatic heterocycles. The fourth-order valence-corrected chi connectivity index (χ4v) is 1.52. The van der Waals surface area contributed by atoms with Crippen molar-refractivity contribution < 1.29 is 9.18 Å². The zero-order valence-electron chi connectivity index (χ0n) is 8.51. The van der Waals surface area contributed by atoms with E-state index in [2.05, 4.69) is 26.6 Å². The Morgan fingerprint density at radius 2 is 2.25 bits per heavy atom. The molecule has 1 aromatic rings. The van der Waals surface area contributed by atoms with E-state index in [1.807, 2.05) is 0 Å². The van der Waals surface area contributed by atoms with E-state index in [0.717, 1.165) is 0 Å².